The molecule has 0 bridgehead atoms. The molecule has 1 atom stereocenters. The van der Waals surface area contributed by atoms with Crippen LogP contribution in [0.25, 0.3) is 0 Å². The van der Waals surface area contributed by atoms with Crippen LogP contribution in [0, 0.1) is 0 Å². The highest BCUT2D eigenvalue weighted by Gasteiger charge is 2.32. The normalized spacial score (nSPS) is 17.4. The number of para-hydroxylation sites is 1. The van der Waals surface area contributed by atoms with Gasteiger partial charge in [-0.1, -0.05) is 32.0 Å². The third-order valence-electron chi connectivity index (χ3n) is 3.45. The number of carbonyl (C=O) groups excluding carboxylic acids is 1. The molecule has 0 spiro atoms. The number of hydrogen-bond acceptors (Lipinski definition) is 3. The Morgan fingerprint density at radius 1 is 1.40 bits per heavy atom. The van der Waals surface area contributed by atoms with E-state index in [9.17, 15) is 9.59 Å². The van der Waals surface area contributed by atoms with Gasteiger partial charge in [0.15, 0.2) is 0 Å². The van der Waals surface area contributed by atoms with Crippen molar-refractivity contribution in [3.8, 4) is 0 Å². The Morgan fingerprint density at radius 3 is 2.75 bits per heavy atom. The summed E-state index contributed by atoms with van der Waals surface area (Å²) in [6, 6.07) is 7.79. The number of fused-ring (bicyclic) bond motifs is 1. The van der Waals surface area contributed by atoms with E-state index in [0.717, 1.165) is 11.3 Å². The van der Waals surface area contributed by atoms with Crippen molar-refractivity contribution in [2.45, 2.75) is 32.2 Å². The van der Waals surface area contributed by atoms with Gasteiger partial charge in [-0.2, -0.15) is 0 Å². The summed E-state index contributed by atoms with van der Waals surface area (Å²) < 4.78 is 0. The van der Waals surface area contributed by atoms with Crippen molar-refractivity contribution in [3.63, 3.8) is 0 Å². The Bertz CT molecular complexity index is 514. The number of carboxylic acid groups (broad SMARTS) is 1. The predicted octanol–water partition coefficient (Wildman–Crippen LogP) is 1.59. The van der Waals surface area contributed by atoms with Crippen LogP contribution in [0.2, 0.25) is 0 Å². The smallest absolute Gasteiger partial charge is 0.304 e. The number of carbonyl (C=O) groups is 2. The fourth-order valence-electron chi connectivity index (χ4n) is 2.50. The highest BCUT2D eigenvalue weighted by atomic mass is 16.4. The zero-order chi connectivity index (χ0) is 14.7. The summed E-state index contributed by atoms with van der Waals surface area (Å²) in [4.78, 5) is 24.9. The summed E-state index contributed by atoms with van der Waals surface area (Å²) in [7, 11) is 0. The molecule has 0 fully saturated rings. The van der Waals surface area contributed by atoms with E-state index >= 15 is 0 Å². The van der Waals surface area contributed by atoms with Gasteiger partial charge in [0, 0.05) is 24.2 Å². The van der Waals surface area contributed by atoms with E-state index in [-0.39, 0.29) is 30.8 Å². The highest BCUT2D eigenvalue weighted by molar-refractivity contribution is 5.97. The second-order valence-corrected chi connectivity index (χ2v) is 5.39. The lowest BCUT2D eigenvalue weighted by Gasteiger charge is -2.19. The fraction of sp³-hybridized carbons (Fsp3) is 0.467. The van der Waals surface area contributed by atoms with Crippen LogP contribution in [0.15, 0.2) is 24.3 Å². The predicted molar refractivity (Wildman–Crippen MR) is 76.9 cm³/mol. The summed E-state index contributed by atoms with van der Waals surface area (Å²) in [6.07, 6.45) is 0.0540. The van der Waals surface area contributed by atoms with Crippen LogP contribution in [0.1, 0.15) is 31.7 Å². The van der Waals surface area contributed by atoms with Gasteiger partial charge in [0.05, 0.1) is 13.0 Å². The standard InChI is InChI=1S/C15H20N2O3/c1-10(2)16-8-14(18)17-9-11(7-15(19)20)12-5-3-4-6-13(12)17/h3-6,10-11,16H,7-9H2,1-2H3,(H,19,20). The Kier molecular flexibility index (Phi) is 4.39. The third-order valence-corrected chi connectivity index (χ3v) is 3.45. The summed E-state index contributed by atoms with van der Waals surface area (Å²) in [5.41, 5.74) is 1.79. The number of amides is 1. The van der Waals surface area contributed by atoms with Crippen LogP contribution in [-0.4, -0.2) is 36.1 Å². The fourth-order valence-corrected chi connectivity index (χ4v) is 2.50. The lowest BCUT2D eigenvalue weighted by molar-refractivity contribution is -0.137. The number of anilines is 1. The Morgan fingerprint density at radius 2 is 2.10 bits per heavy atom. The molecule has 1 aliphatic rings. The van der Waals surface area contributed by atoms with Crippen molar-refractivity contribution in [3.05, 3.63) is 29.8 Å². The molecule has 5 heteroatoms. The maximum absolute atomic E-state index is 12.3. The molecular weight excluding hydrogens is 256 g/mol. The van der Waals surface area contributed by atoms with Crippen molar-refractivity contribution in [2.24, 2.45) is 0 Å². The van der Waals surface area contributed by atoms with E-state index in [0.29, 0.717) is 6.54 Å². The van der Waals surface area contributed by atoms with Crippen LogP contribution in [-0.2, 0) is 9.59 Å². The first-order valence-corrected chi connectivity index (χ1v) is 6.83. The third kappa shape index (κ3) is 3.17. The van der Waals surface area contributed by atoms with Gasteiger partial charge in [-0.25, -0.2) is 0 Å². The SMILES string of the molecule is CC(C)NCC(=O)N1CC(CC(=O)O)c2ccccc21. The van der Waals surface area contributed by atoms with Gasteiger partial charge < -0.3 is 15.3 Å². The maximum Gasteiger partial charge on any atom is 0.304 e. The molecule has 5 nitrogen and oxygen atoms in total. The summed E-state index contributed by atoms with van der Waals surface area (Å²) in [6.45, 7) is 4.69. The van der Waals surface area contributed by atoms with Crippen molar-refractivity contribution >= 4 is 17.6 Å². The molecule has 1 aliphatic heterocycles. The van der Waals surface area contributed by atoms with Crippen LogP contribution in [0.3, 0.4) is 0 Å². The Balaban J connectivity index is 2.16. The van der Waals surface area contributed by atoms with Crippen LogP contribution >= 0.6 is 0 Å². The monoisotopic (exact) mass is 276 g/mol. The molecule has 20 heavy (non-hydrogen) atoms. The minimum atomic E-state index is -0.834. The molecule has 0 radical (unpaired) electrons. The van der Waals surface area contributed by atoms with E-state index in [1.54, 1.807) is 4.90 Å². The second-order valence-electron chi connectivity index (χ2n) is 5.39. The van der Waals surface area contributed by atoms with E-state index in [4.69, 9.17) is 5.11 Å². The summed E-state index contributed by atoms with van der Waals surface area (Å²) >= 11 is 0. The number of carboxylic acids is 1. The molecule has 1 aromatic carbocycles. The first-order chi connectivity index (χ1) is 9.49. The van der Waals surface area contributed by atoms with Crippen molar-refractivity contribution in [1.82, 2.24) is 5.32 Å². The average Bonchev–Trinajstić information content (AvgIpc) is 2.74. The molecule has 1 heterocycles. The zero-order valence-corrected chi connectivity index (χ0v) is 11.8. The van der Waals surface area contributed by atoms with Gasteiger partial charge in [-0.3, -0.25) is 9.59 Å². The van der Waals surface area contributed by atoms with Gasteiger partial charge in [0.1, 0.15) is 0 Å². The first-order valence-electron chi connectivity index (χ1n) is 6.83. The number of benzene rings is 1. The molecule has 1 unspecified atom stereocenters. The molecule has 2 rings (SSSR count). The quantitative estimate of drug-likeness (QED) is 0.857. The van der Waals surface area contributed by atoms with Crippen molar-refractivity contribution in [2.75, 3.05) is 18.0 Å². The maximum atomic E-state index is 12.3. The molecule has 108 valence electrons. The summed E-state index contributed by atoms with van der Waals surface area (Å²) in [5, 5.41) is 12.1. The van der Waals surface area contributed by atoms with E-state index in [2.05, 4.69) is 5.32 Å². The number of nitrogens with zero attached hydrogens (tertiary/aromatic N) is 1. The minimum Gasteiger partial charge on any atom is -0.481 e. The van der Waals surface area contributed by atoms with E-state index < -0.39 is 5.97 Å². The lowest BCUT2D eigenvalue weighted by atomic mass is 9.98. The van der Waals surface area contributed by atoms with Gasteiger partial charge in [0.2, 0.25) is 5.91 Å². The number of rotatable bonds is 5. The van der Waals surface area contributed by atoms with Gasteiger partial charge >= 0.3 is 5.97 Å². The minimum absolute atomic E-state index is 0.0148. The Hall–Kier alpha value is -1.88. The lowest BCUT2D eigenvalue weighted by Crippen LogP contribution is -2.39. The molecule has 1 aromatic rings. The average molecular weight is 276 g/mol. The number of nitrogens with one attached hydrogen (secondary N) is 1. The van der Waals surface area contributed by atoms with E-state index in [1.165, 1.54) is 0 Å². The second kappa shape index (κ2) is 6.05. The molecule has 0 saturated heterocycles. The Labute approximate surface area is 118 Å². The largest absolute Gasteiger partial charge is 0.481 e. The zero-order valence-electron chi connectivity index (χ0n) is 11.8. The summed E-state index contributed by atoms with van der Waals surface area (Å²) in [5.74, 6) is -0.967. The van der Waals surface area contributed by atoms with Gasteiger partial charge in [0.25, 0.3) is 0 Å². The molecule has 2 N–H and O–H groups in total. The molecule has 0 aromatic heterocycles. The topological polar surface area (TPSA) is 69.6 Å². The number of hydrogen-bond donors (Lipinski definition) is 2. The van der Waals surface area contributed by atoms with Crippen LogP contribution in [0.4, 0.5) is 5.69 Å². The van der Waals surface area contributed by atoms with Crippen molar-refractivity contribution in [1.29, 1.82) is 0 Å². The first kappa shape index (κ1) is 14.5. The van der Waals surface area contributed by atoms with Crippen molar-refractivity contribution < 1.29 is 14.7 Å². The van der Waals surface area contributed by atoms with Gasteiger partial charge in [-0.05, 0) is 11.6 Å². The van der Waals surface area contributed by atoms with Crippen LogP contribution < -0.4 is 10.2 Å². The molecule has 1 amide bonds. The van der Waals surface area contributed by atoms with Gasteiger partial charge in [-0.15, -0.1) is 0 Å². The van der Waals surface area contributed by atoms with E-state index in [1.807, 2.05) is 38.1 Å². The molecular formula is C15H20N2O3. The number of aliphatic carboxylic acids is 1. The molecule has 0 saturated carbocycles. The molecule has 0 aliphatic carbocycles. The van der Waals surface area contributed by atoms with Crippen LogP contribution in [0.5, 0.6) is 0 Å². The highest BCUT2D eigenvalue weighted by Crippen LogP contribution is 2.37.